The van der Waals surface area contributed by atoms with E-state index in [9.17, 15) is 21.6 Å². The predicted molar refractivity (Wildman–Crippen MR) is 30.1 cm³/mol. The largest absolute Gasteiger partial charge is 0.497 e. The van der Waals surface area contributed by atoms with Crippen molar-refractivity contribution in [2.75, 3.05) is 0 Å². The molecule has 2 nitrogen and oxygen atoms in total. The molecule has 0 radical (unpaired) electrons. The van der Waals surface area contributed by atoms with Gasteiger partial charge in [-0.15, -0.1) is 0 Å². The molecule has 0 aromatic rings. The zero-order chi connectivity index (χ0) is 8.58. The minimum absolute atomic E-state index is 0.989. The number of hydrogen-bond acceptors (Lipinski definition) is 2. The average molecular weight is 176 g/mol. The van der Waals surface area contributed by atoms with Gasteiger partial charge in [-0.05, 0) is 13.8 Å². The van der Waals surface area contributed by atoms with E-state index in [1.165, 1.54) is 0 Å². The second kappa shape index (κ2) is 2.41. The van der Waals surface area contributed by atoms with E-state index in [1.807, 2.05) is 0 Å². The van der Waals surface area contributed by atoms with E-state index < -0.39 is 20.6 Å². The lowest BCUT2D eigenvalue weighted by Crippen LogP contribution is -2.30. The second-order valence-electron chi connectivity index (χ2n) is 2.04. The average Bonchev–Trinajstić information content (AvgIpc) is 1.62. The highest BCUT2D eigenvalue weighted by molar-refractivity contribution is 7.92. The van der Waals surface area contributed by atoms with Gasteiger partial charge in [0.15, 0.2) is 0 Å². The fourth-order valence-corrected chi connectivity index (χ4v) is 0.802. The molecule has 0 aliphatic rings. The first-order valence-corrected chi connectivity index (χ1v) is 4.04. The summed E-state index contributed by atoms with van der Waals surface area (Å²) >= 11 is 0. The fourth-order valence-electron chi connectivity index (χ4n) is 0.267. The Hall–Kier alpha value is -0.260. The zero-order valence-corrected chi connectivity index (χ0v) is 6.25. The zero-order valence-electron chi connectivity index (χ0n) is 5.44. The molecule has 62 valence electrons. The number of rotatable bonds is 1. The van der Waals surface area contributed by atoms with Crippen molar-refractivity contribution >= 4 is 9.84 Å². The van der Waals surface area contributed by atoms with Crippen LogP contribution in [-0.2, 0) is 9.84 Å². The van der Waals surface area contributed by atoms with E-state index in [-0.39, 0.29) is 0 Å². The molecule has 0 unspecified atom stereocenters. The summed E-state index contributed by atoms with van der Waals surface area (Å²) in [5.41, 5.74) is -5.11. The van der Waals surface area contributed by atoms with Crippen molar-refractivity contribution in [3.8, 4) is 0 Å². The summed E-state index contributed by atoms with van der Waals surface area (Å²) in [6.45, 7) is 1.98. The van der Waals surface area contributed by atoms with Gasteiger partial charge in [0, 0.05) is 0 Å². The van der Waals surface area contributed by atoms with Crippen LogP contribution in [-0.4, -0.2) is 19.2 Å². The highest BCUT2D eigenvalue weighted by Crippen LogP contribution is 2.26. The monoisotopic (exact) mass is 176 g/mol. The molecule has 0 aliphatic carbocycles. The second-order valence-corrected chi connectivity index (χ2v) is 4.54. The first-order chi connectivity index (χ1) is 4.19. The van der Waals surface area contributed by atoms with E-state index >= 15 is 0 Å². The van der Waals surface area contributed by atoms with Gasteiger partial charge in [-0.3, -0.25) is 0 Å². The molecule has 0 aromatic heterocycles. The molecule has 0 aromatic carbocycles. The summed E-state index contributed by atoms with van der Waals surface area (Å²) in [7, 11) is -4.91. The minimum Gasteiger partial charge on any atom is -0.219 e. The van der Waals surface area contributed by atoms with E-state index in [0.717, 1.165) is 13.8 Å². The molecule has 0 saturated heterocycles. The Kier molecular flexibility index (Phi) is 2.35. The maximum Gasteiger partial charge on any atom is 0.497 e. The van der Waals surface area contributed by atoms with Gasteiger partial charge in [0.1, 0.15) is 0 Å². The molecule has 6 heteroatoms. The maximum atomic E-state index is 11.5. The van der Waals surface area contributed by atoms with Gasteiger partial charge in [0.2, 0.25) is 9.84 Å². The number of hydrogen-bond donors (Lipinski definition) is 0. The summed E-state index contributed by atoms with van der Waals surface area (Å²) < 4.78 is 54.9. The Morgan fingerprint density at radius 3 is 1.50 bits per heavy atom. The predicted octanol–water partition coefficient (Wildman–Crippen LogP) is 1.33. The topological polar surface area (TPSA) is 34.1 Å². The van der Waals surface area contributed by atoms with Crippen molar-refractivity contribution in [1.82, 2.24) is 0 Å². The van der Waals surface area contributed by atoms with Crippen molar-refractivity contribution in [3.63, 3.8) is 0 Å². The van der Waals surface area contributed by atoms with Gasteiger partial charge in [-0.1, -0.05) is 0 Å². The molecule has 0 amide bonds. The molecule has 0 N–H and O–H groups in total. The van der Waals surface area contributed by atoms with Gasteiger partial charge < -0.3 is 0 Å². The lowest BCUT2D eigenvalue weighted by Gasteiger charge is -2.09. The SMILES string of the molecule is CC(C)S(=O)(=O)C(F)(F)F. The number of halogens is 3. The first-order valence-electron chi connectivity index (χ1n) is 2.49. The molecule has 10 heavy (non-hydrogen) atoms. The van der Waals surface area contributed by atoms with E-state index in [1.54, 1.807) is 0 Å². The summed E-state index contributed by atoms with van der Waals surface area (Å²) in [6, 6.07) is 0. The van der Waals surface area contributed by atoms with Crippen LogP contribution >= 0.6 is 0 Å². The van der Waals surface area contributed by atoms with Crippen LogP contribution in [0.1, 0.15) is 13.8 Å². The van der Waals surface area contributed by atoms with Crippen LogP contribution in [0.25, 0.3) is 0 Å². The Bertz CT molecular complexity index is 201. The molecule has 0 saturated carbocycles. The summed E-state index contributed by atoms with van der Waals surface area (Å²) in [5, 5.41) is -1.40. The first kappa shape index (κ1) is 9.74. The molecule has 0 rings (SSSR count). The number of sulfone groups is 1. The summed E-state index contributed by atoms with van der Waals surface area (Å²) in [5.74, 6) is 0. The van der Waals surface area contributed by atoms with Crippen molar-refractivity contribution in [1.29, 1.82) is 0 Å². The quantitative estimate of drug-likeness (QED) is 0.604. The highest BCUT2D eigenvalue weighted by atomic mass is 32.2. The van der Waals surface area contributed by atoms with Gasteiger partial charge in [-0.2, -0.15) is 13.2 Å². The molecule has 0 bridgehead atoms. The maximum absolute atomic E-state index is 11.5. The van der Waals surface area contributed by atoms with Crippen molar-refractivity contribution in [2.45, 2.75) is 24.6 Å². The Balaban J connectivity index is 4.79. The third-order valence-electron chi connectivity index (χ3n) is 0.943. The molecular formula is C4H7F3O2S. The van der Waals surface area contributed by atoms with Gasteiger partial charge in [-0.25, -0.2) is 8.42 Å². The van der Waals surface area contributed by atoms with Crippen LogP contribution in [0, 0.1) is 0 Å². The third kappa shape index (κ3) is 1.62. The Labute approximate surface area is 57.0 Å². The van der Waals surface area contributed by atoms with Crippen LogP contribution < -0.4 is 0 Å². The third-order valence-corrected chi connectivity index (χ3v) is 2.83. The Morgan fingerprint density at radius 2 is 1.50 bits per heavy atom. The van der Waals surface area contributed by atoms with Crippen LogP contribution in [0.4, 0.5) is 13.2 Å². The Morgan fingerprint density at radius 1 is 1.20 bits per heavy atom. The van der Waals surface area contributed by atoms with Crippen molar-refractivity contribution in [3.05, 3.63) is 0 Å². The smallest absolute Gasteiger partial charge is 0.219 e. The number of alkyl halides is 3. The summed E-state index contributed by atoms with van der Waals surface area (Å²) in [4.78, 5) is 0. The molecule has 0 aliphatic heterocycles. The normalized spacial score (nSPS) is 14.2. The standard InChI is InChI=1S/C4H7F3O2S/c1-3(2)10(8,9)4(5,6)7/h3H,1-2H3. The van der Waals surface area contributed by atoms with E-state index in [2.05, 4.69) is 0 Å². The lowest BCUT2D eigenvalue weighted by molar-refractivity contribution is -0.0441. The van der Waals surface area contributed by atoms with Crippen molar-refractivity contribution in [2.24, 2.45) is 0 Å². The van der Waals surface area contributed by atoms with Crippen molar-refractivity contribution < 1.29 is 21.6 Å². The minimum atomic E-state index is -5.11. The van der Waals surface area contributed by atoms with Crippen LogP contribution in [0.5, 0.6) is 0 Å². The highest BCUT2D eigenvalue weighted by Gasteiger charge is 2.47. The van der Waals surface area contributed by atoms with Gasteiger partial charge in [0.25, 0.3) is 0 Å². The van der Waals surface area contributed by atoms with Crippen LogP contribution in [0.15, 0.2) is 0 Å². The van der Waals surface area contributed by atoms with Gasteiger partial charge >= 0.3 is 5.51 Å². The molecular weight excluding hydrogens is 169 g/mol. The van der Waals surface area contributed by atoms with E-state index in [0.29, 0.717) is 0 Å². The van der Waals surface area contributed by atoms with Crippen LogP contribution in [0.3, 0.4) is 0 Å². The molecule has 0 fully saturated rings. The van der Waals surface area contributed by atoms with E-state index in [4.69, 9.17) is 0 Å². The molecule has 0 atom stereocenters. The van der Waals surface area contributed by atoms with Crippen LogP contribution in [0.2, 0.25) is 0 Å². The summed E-state index contributed by atoms with van der Waals surface area (Å²) in [6.07, 6.45) is 0. The fraction of sp³-hybridized carbons (Fsp3) is 1.00. The molecule has 0 spiro atoms. The van der Waals surface area contributed by atoms with Gasteiger partial charge in [0.05, 0.1) is 5.25 Å². The lowest BCUT2D eigenvalue weighted by atomic mass is 10.6. The molecule has 0 heterocycles.